The van der Waals surface area contributed by atoms with E-state index in [-0.39, 0.29) is 12.5 Å². The van der Waals surface area contributed by atoms with Gasteiger partial charge in [-0.3, -0.25) is 9.44 Å². The highest BCUT2D eigenvalue weighted by Crippen LogP contribution is 2.17. The van der Waals surface area contributed by atoms with E-state index in [4.69, 9.17) is 4.42 Å². The van der Waals surface area contributed by atoms with Crippen LogP contribution in [0.25, 0.3) is 0 Å². The molecule has 34 heavy (non-hydrogen) atoms. The molecule has 0 saturated heterocycles. The van der Waals surface area contributed by atoms with Crippen LogP contribution in [0.5, 0.6) is 0 Å². The van der Waals surface area contributed by atoms with E-state index in [0.717, 1.165) is 24.0 Å². The molecule has 1 aromatic carbocycles. The Bertz CT molecular complexity index is 1150. The first-order valence-corrected chi connectivity index (χ1v) is 15.2. The summed E-state index contributed by atoms with van der Waals surface area (Å²) >= 11 is 1.62. The number of nitrogens with zero attached hydrogens (tertiary/aromatic N) is 1. The number of rotatable bonds is 13. The van der Waals surface area contributed by atoms with Gasteiger partial charge in [0.05, 0.1) is 37.5 Å². The maximum absolute atomic E-state index is 11.7. The summed E-state index contributed by atoms with van der Waals surface area (Å²) in [5.74, 6) is 3.11. The summed E-state index contributed by atoms with van der Waals surface area (Å²) in [5, 5.41) is 16.4. The maximum atomic E-state index is 11.7. The monoisotopic (exact) mass is 533 g/mol. The van der Waals surface area contributed by atoms with Gasteiger partial charge in [0.15, 0.2) is 0 Å². The molecule has 1 unspecified atom stereocenters. The van der Waals surface area contributed by atoms with E-state index in [1.807, 2.05) is 19.2 Å². The van der Waals surface area contributed by atoms with Crippen molar-refractivity contribution in [1.29, 1.82) is 0 Å². The Balaban J connectivity index is 1.87. The van der Waals surface area contributed by atoms with Gasteiger partial charge in [-0.25, -0.2) is 21.8 Å². The minimum absolute atomic E-state index is 0.0341. The number of thioether (sulfide) groups is 1. The summed E-state index contributed by atoms with van der Waals surface area (Å²) in [4.78, 5) is 4.17. The molecule has 5 N–H and O–H groups in total. The quantitative estimate of drug-likeness (QED) is 0.143. The predicted octanol–water partition coefficient (Wildman–Crippen LogP) is 0.832. The smallest absolute Gasteiger partial charge is 0.232 e. The molecule has 0 amide bonds. The van der Waals surface area contributed by atoms with Crippen LogP contribution in [0.4, 0.5) is 5.69 Å². The minimum Gasteiger partial charge on any atom is -0.464 e. The van der Waals surface area contributed by atoms with Gasteiger partial charge in [0.25, 0.3) is 0 Å². The lowest BCUT2D eigenvalue weighted by Crippen LogP contribution is -2.41. The third-order valence-corrected chi connectivity index (χ3v) is 6.31. The number of guanidine groups is 1. The average molecular weight is 534 g/mol. The number of hydrogen-bond acceptors (Lipinski definition) is 9. The molecule has 0 aliphatic rings. The van der Waals surface area contributed by atoms with E-state index in [0.29, 0.717) is 35.8 Å². The highest BCUT2D eigenvalue weighted by molar-refractivity contribution is 7.98. The first-order valence-electron chi connectivity index (χ1n) is 10.3. The summed E-state index contributed by atoms with van der Waals surface area (Å²) in [6.07, 6.45) is 1.05. The Hall–Kier alpha value is -2.26. The SMILES string of the molecule is CNCc1ccc(CSCCNC(=NCC(O)c2ccc(NS(C)(=O)=O)cc2)NS(C)(=O)=O)o1. The summed E-state index contributed by atoms with van der Waals surface area (Å²) in [6.45, 7) is 1.01. The molecule has 0 saturated carbocycles. The molecule has 1 atom stereocenters. The van der Waals surface area contributed by atoms with Gasteiger partial charge in [-0.1, -0.05) is 12.1 Å². The second-order valence-electron chi connectivity index (χ2n) is 7.45. The van der Waals surface area contributed by atoms with Gasteiger partial charge in [-0.05, 0) is 36.9 Å². The number of furan rings is 1. The molecule has 0 radical (unpaired) electrons. The molecular weight excluding hydrogens is 502 g/mol. The van der Waals surface area contributed by atoms with E-state index >= 15 is 0 Å². The molecule has 14 heteroatoms. The van der Waals surface area contributed by atoms with Crippen LogP contribution in [-0.2, 0) is 32.3 Å². The Morgan fingerprint density at radius 3 is 2.35 bits per heavy atom. The first-order chi connectivity index (χ1) is 15.9. The van der Waals surface area contributed by atoms with Crippen molar-refractivity contribution in [3.8, 4) is 0 Å². The topological polar surface area (TPSA) is 162 Å². The van der Waals surface area contributed by atoms with Gasteiger partial charge in [0.1, 0.15) is 11.5 Å². The lowest BCUT2D eigenvalue weighted by atomic mass is 10.1. The molecular formula is C20H31N5O6S3. The van der Waals surface area contributed by atoms with Crippen LogP contribution in [0.3, 0.4) is 0 Å². The highest BCUT2D eigenvalue weighted by atomic mass is 32.2. The van der Waals surface area contributed by atoms with E-state index in [1.54, 1.807) is 23.9 Å². The number of aliphatic hydroxyl groups excluding tert-OH is 1. The fraction of sp³-hybridized carbons (Fsp3) is 0.450. The maximum Gasteiger partial charge on any atom is 0.232 e. The summed E-state index contributed by atoms with van der Waals surface area (Å²) < 4.78 is 56.2. The zero-order valence-corrected chi connectivity index (χ0v) is 21.7. The summed E-state index contributed by atoms with van der Waals surface area (Å²) in [5.41, 5.74) is 0.876. The molecule has 190 valence electrons. The van der Waals surface area contributed by atoms with E-state index in [9.17, 15) is 21.9 Å². The minimum atomic E-state index is -3.57. The molecule has 1 aromatic heterocycles. The summed E-state index contributed by atoms with van der Waals surface area (Å²) in [7, 11) is -5.11. The Kier molecular flexibility index (Phi) is 10.7. The van der Waals surface area contributed by atoms with Gasteiger partial charge < -0.3 is 20.2 Å². The number of sulfonamides is 2. The number of aliphatic imine (C=N–C) groups is 1. The fourth-order valence-corrected chi connectivity index (χ4v) is 4.55. The summed E-state index contributed by atoms with van der Waals surface area (Å²) in [6, 6.07) is 10.0. The van der Waals surface area contributed by atoms with Crippen molar-refractivity contribution in [2.75, 3.05) is 43.1 Å². The molecule has 0 aliphatic heterocycles. The van der Waals surface area contributed by atoms with Gasteiger partial charge in [0.2, 0.25) is 26.0 Å². The number of nitrogens with one attached hydrogen (secondary N) is 4. The molecule has 2 aromatic rings. The Morgan fingerprint density at radius 2 is 1.74 bits per heavy atom. The van der Waals surface area contributed by atoms with Gasteiger partial charge in [-0.2, -0.15) is 11.8 Å². The third-order valence-electron chi connectivity index (χ3n) is 4.15. The Labute approximate surface area is 204 Å². The van der Waals surface area contributed by atoms with Crippen LogP contribution < -0.4 is 20.1 Å². The molecule has 0 fully saturated rings. The van der Waals surface area contributed by atoms with Crippen molar-refractivity contribution in [1.82, 2.24) is 15.4 Å². The standard InChI is InChI=1S/C20H31N5O6S3/c1-21-12-17-8-9-18(31-17)14-32-11-10-22-20(25-34(3,29)30)23-13-19(26)15-4-6-16(7-5-15)24-33(2,27)28/h4-9,19,21,24,26H,10-14H2,1-3H3,(H2,22,23,25). The van der Waals surface area contributed by atoms with Crippen LogP contribution in [-0.4, -0.2) is 66.3 Å². The van der Waals surface area contributed by atoms with Crippen LogP contribution >= 0.6 is 11.8 Å². The van der Waals surface area contributed by atoms with Crippen molar-refractivity contribution in [3.05, 3.63) is 53.5 Å². The van der Waals surface area contributed by atoms with Crippen LogP contribution in [0.15, 0.2) is 45.8 Å². The fourth-order valence-electron chi connectivity index (χ4n) is 2.75. The lowest BCUT2D eigenvalue weighted by molar-refractivity contribution is 0.187. The Morgan fingerprint density at radius 1 is 1.06 bits per heavy atom. The molecule has 0 bridgehead atoms. The largest absolute Gasteiger partial charge is 0.464 e. The molecule has 11 nitrogen and oxygen atoms in total. The van der Waals surface area contributed by atoms with Gasteiger partial charge in [0, 0.05) is 18.0 Å². The van der Waals surface area contributed by atoms with Crippen molar-refractivity contribution in [2.24, 2.45) is 4.99 Å². The zero-order valence-electron chi connectivity index (χ0n) is 19.2. The van der Waals surface area contributed by atoms with E-state index < -0.39 is 26.2 Å². The normalized spacial score (nSPS) is 13.5. The average Bonchev–Trinajstić information content (AvgIpc) is 3.17. The third kappa shape index (κ3) is 11.2. The van der Waals surface area contributed by atoms with Crippen molar-refractivity contribution in [3.63, 3.8) is 0 Å². The van der Waals surface area contributed by atoms with Gasteiger partial charge >= 0.3 is 0 Å². The second-order valence-corrected chi connectivity index (χ2v) is 12.1. The molecule has 1 heterocycles. The van der Waals surface area contributed by atoms with Crippen LogP contribution in [0.1, 0.15) is 23.2 Å². The van der Waals surface area contributed by atoms with Crippen LogP contribution in [0.2, 0.25) is 0 Å². The van der Waals surface area contributed by atoms with Gasteiger partial charge in [-0.15, -0.1) is 0 Å². The molecule has 0 spiro atoms. The number of aliphatic hydroxyl groups is 1. The van der Waals surface area contributed by atoms with Crippen molar-refractivity contribution < 1.29 is 26.4 Å². The second kappa shape index (κ2) is 13.0. The number of hydrogen-bond donors (Lipinski definition) is 5. The van der Waals surface area contributed by atoms with E-state index in [1.165, 1.54) is 12.1 Å². The lowest BCUT2D eigenvalue weighted by Gasteiger charge is -2.13. The number of benzene rings is 1. The van der Waals surface area contributed by atoms with Crippen molar-refractivity contribution in [2.45, 2.75) is 18.4 Å². The number of anilines is 1. The van der Waals surface area contributed by atoms with Crippen molar-refractivity contribution >= 4 is 43.5 Å². The molecule has 0 aliphatic carbocycles. The van der Waals surface area contributed by atoms with Crippen LogP contribution in [0, 0.1) is 0 Å². The highest BCUT2D eigenvalue weighted by Gasteiger charge is 2.11. The predicted molar refractivity (Wildman–Crippen MR) is 136 cm³/mol. The first kappa shape index (κ1) is 28.0. The molecule has 2 rings (SSSR count). The zero-order chi connectivity index (χ0) is 25.2. The van der Waals surface area contributed by atoms with E-state index in [2.05, 4.69) is 25.1 Å².